The molecule has 12 heteroatoms. The molecule has 28 heavy (non-hydrogen) atoms. The van der Waals surface area contributed by atoms with E-state index < -0.39 is 35.0 Å². The van der Waals surface area contributed by atoms with Crippen LogP contribution in [0.15, 0.2) is 24.3 Å². The highest BCUT2D eigenvalue weighted by Gasteiger charge is 2.49. The molecular weight excluding hydrogens is 370 g/mol. The van der Waals surface area contributed by atoms with E-state index in [1.807, 2.05) is 0 Å². The number of carboxylic acids is 1. The van der Waals surface area contributed by atoms with Crippen LogP contribution < -0.4 is 5.73 Å². The van der Waals surface area contributed by atoms with Crippen LogP contribution in [0.3, 0.4) is 0 Å². The van der Waals surface area contributed by atoms with E-state index in [0.29, 0.717) is 5.56 Å². The minimum absolute atomic E-state index is 0.145. The number of hydrogen-bond donors (Lipinski definition) is 2. The highest BCUT2D eigenvalue weighted by Crippen LogP contribution is 2.45. The third kappa shape index (κ3) is 4.03. The summed E-state index contributed by atoms with van der Waals surface area (Å²) in [5, 5.41) is 19.4. The lowest BCUT2D eigenvalue weighted by atomic mass is 9.39. The van der Waals surface area contributed by atoms with Crippen molar-refractivity contribution in [2.75, 3.05) is 5.73 Å². The normalized spacial score (nSPS) is 14.2. The molecule has 6 radical (unpaired) electrons. The highest BCUT2D eigenvalue weighted by molar-refractivity contribution is 6.59. The van der Waals surface area contributed by atoms with Crippen LogP contribution in [0, 0.1) is 11.3 Å². The Morgan fingerprint density at radius 3 is 2.21 bits per heavy atom. The summed E-state index contributed by atoms with van der Waals surface area (Å²) < 4.78 is 40.6. The summed E-state index contributed by atoms with van der Waals surface area (Å²) in [6.07, 6.45) is -5.00. The standard InChI is InChI=1S/C16H12B3F3N4O2/c1-7(13(27)28)8-2-4-9(5-3-8)11-10(6-23)12(24)26(25-11)14(15(17,18)19)16(20,21)22/h2-5,7,14H,24H2,1H3,(H,27,28). The fourth-order valence-electron chi connectivity index (χ4n) is 2.66. The zero-order chi connectivity index (χ0) is 21.4. The Labute approximate surface area is 162 Å². The van der Waals surface area contributed by atoms with Crippen molar-refractivity contribution in [1.82, 2.24) is 9.78 Å². The third-order valence-corrected chi connectivity index (χ3v) is 4.14. The number of anilines is 1. The van der Waals surface area contributed by atoms with E-state index in [1.165, 1.54) is 31.2 Å². The molecule has 2 unspecified atom stereocenters. The summed E-state index contributed by atoms with van der Waals surface area (Å²) in [6, 6.07) is 4.79. The molecule has 1 aromatic heterocycles. The molecule has 0 aliphatic carbocycles. The number of nitrogens with zero attached hydrogens (tertiary/aromatic N) is 3. The van der Waals surface area contributed by atoms with Crippen LogP contribution >= 0.6 is 0 Å². The van der Waals surface area contributed by atoms with Gasteiger partial charge in [-0.15, -0.1) is 5.11 Å². The third-order valence-electron chi connectivity index (χ3n) is 4.14. The first-order valence-corrected chi connectivity index (χ1v) is 7.83. The molecule has 138 valence electrons. The van der Waals surface area contributed by atoms with Crippen LogP contribution in [0.4, 0.5) is 19.0 Å². The Bertz CT molecular complexity index is 917. The zero-order valence-corrected chi connectivity index (χ0v) is 14.6. The van der Waals surface area contributed by atoms with Gasteiger partial charge in [0.25, 0.3) is 0 Å². The summed E-state index contributed by atoms with van der Waals surface area (Å²) in [7, 11) is 15.8. The average molecular weight is 382 g/mol. The van der Waals surface area contributed by atoms with Crippen molar-refractivity contribution >= 4 is 35.3 Å². The summed E-state index contributed by atoms with van der Waals surface area (Å²) in [4.78, 5) is 11.0. The van der Waals surface area contributed by atoms with E-state index in [0.717, 1.165) is 0 Å². The van der Waals surface area contributed by atoms with Gasteiger partial charge in [0.15, 0.2) is 0 Å². The van der Waals surface area contributed by atoms with Crippen molar-refractivity contribution in [3.05, 3.63) is 35.4 Å². The number of aromatic nitrogens is 2. The summed E-state index contributed by atoms with van der Waals surface area (Å²) in [6.45, 7) is 1.47. The molecule has 2 aromatic rings. The topological polar surface area (TPSA) is 105 Å². The molecule has 3 N–H and O–H groups in total. The Kier molecular flexibility index (Phi) is 5.60. The number of rotatable bonds is 5. The highest BCUT2D eigenvalue weighted by atomic mass is 19.4. The number of nitrogen functional groups attached to an aromatic ring is 1. The number of nitrogens with two attached hydrogens (primary N) is 1. The molecule has 0 aliphatic heterocycles. The number of halogens is 3. The molecule has 6 nitrogen and oxygen atoms in total. The lowest BCUT2D eigenvalue weighted by Gasteiger charge is -2.34. The van der Waals surface area contributed by atoms with Gasteiger partial charge in [0, 0.05) is 5.56 Å². The van der Waals surface area contributed by atoms with Crippen molar-refractivity contribution in [2.45, 2.75) is 30.2 Å². The predicted molar refractivity (Wildman–Crippen MR) is 97.9 cm³/mol. The van der Waals surface area contributed by atoms with Crippen LogP contribution in [-0.2, 0) is 4.79 Å². The predicted octanol–water partition coefficient (Wildman–Crippen LogP) is 1.87. The number of aliphatic carboxylic acids is 1. The number of hydrogen-bond acceptors (Lipinski definition) is 4. The number of nitriles is 1. The van der Waals surface area contributed by atoms with E-state index in [2.05, 4.69) is 5.10 Å². The SMILES string of the molecule is [B]C([B])([B])C(n1nc(-c2ccc(C(C)C(=O)O)cc2)c(C#N)c1N)C(F)(F)F. The van der Waals surface area contributed by atoms with Gasteiger partial charge in [-0.2, -0.15) is 23.5 Å². The monoisotopic (exact) mass is 382 g/mol. The van der Waals surface area contributed by atoms with Gasteiger partial charge in [0.2, 0.25) is 0 Å². The van der Waals surface area contributed by atoms with Crippen LogP contribution in [-0.4, -0.2) is 50.6 Å². The summed E-state index contributed by atoms with van der Waals surface area (Å²) in [5.74, 6) is -2.44. The van der Waals surface area contributed by atoms with E-state index in [9.17, 15) is 23.2 Å². The molecule has 0 aliphatic rings. The molecule has 2 rings (SSSR count). The smallest absolute Gasteiger partial charge is 0.409 e. The maximum Gasteiger partial charge on any atom is 0.409 e. The molecule has 0 saturated heterocycles. The molecule has 1 aromatic carbocycles. The van der Waals surface area contributed by atoms with Crippen molar-refractivity contribution in [3.63, 3.8) is 0 Å². The number of carbonyl (C=O) groups is 1. The quantitative estimate of drug-likeness (QED) is 0.769. The van der Waals surface area contributed by atoms with Gasteiger partial charge < -0.3 is 10.8 Å². The minimum Gasteiger partial charge on any atom is -0.481 e. The van der Waals surface area contributed by atoms with Crippen LogP contribution in [0.1, 0.15) is 30.0 Å². The Hall–Kier alpha value is -2.83. The molecule has 0 saturated carbocycles. The van der Waals surface area contributed by atoms with E-state index >= 15 is 0 Å². The van der Waals surface area contributed by atoms with Gasteiger partial charge in [-0.1, -0.05) is 24.3 Å². The van der Waals surface area contributed by atoms with Gasteiger partial charge >= 0.3 is 12.1 Å². The van der Waals surface area contributed by atoms with Gasteiger partial charge in [-0.25, -0.2) is 4.68 Å². The van der Waals surface area contributed by atoms with Crippen molar-refractivity contribution in [1.29, 1.82) is 5.26 Å². The Morgan fingerprint density at radius 1 is 1.29 bits per heavy atom. The van der Waals surface area contributed by atoms with E-state index in [1.54, 1.807) is 6.07 Å². The largest absolute Gasteiger partial charge is 0.481 e. The van der Waals surface area contributed by atoms with Gasteiger partial charge in [0.05, 0.1) is 29.5 Å². The molecular formula is C16H12B3F3N4O2. The fourth-order valence-corrected chi connectivity index (χ4v) is 2.66. The second-order valence-corrected chi connectivity index (χ2v) is 6.29. The van der Waals surface area contributed by atoms with Gasteiger partial charge in [-0.3, -0.25) is 4.79 Å². The zero-order valence-electron chi connectivity index (χ0n) is 14.6. The maximum atomic E-state index is 13.5. The first-order chi connectivity index (χ1) is 12.8. The molecule has 0 amide bonds. The van der Waals surface area contributed by atoms with Gasteiger partial charge in [0.1, 0.15) is 29.2 Å². The lowest BCUT2D eigenvalue weighted by Crippen LogP contribution is -2.39. The maximum absolute atomic E-state index is 13.5. The van der Waals surface area contributed by atoms with Crippen molar-refractivity contribution in [3.8, 4) is 17.3 Å². The summed E-state index contributed by atoms with van der Waals surface area (Å²) in [5.41, 5.74) is 5.94. The first-order valence-electron chi connectivity index (χ1n) is 7.83. The van der Waals surface area contributed by atoms with E-state index in [-0.39, 0.29) is 21.5 Å². The van der Waals surface area contributed by atoms with Crippen LogP contribution in [0.2, 0.25) is 5.11 Å². The fraction of sp³-hybridized carbons (Fsp3) is 0.312. The van der Waals surface area contributed by atoms with Gasteiger partial charge in [-0.05, 0) is 12.5 Å². The second-order valence-electron chi connectivity index (χ2n) is 6.29. The molecule has 0 spiro atoms. The molecule has 0 fully saturated rings. The Morgan fingerprint density at radius 2 is 1.82 bits per heavy atom. The average Bonchev–Trinajstić information content (AvgIpc) is 2.88. The first kappa shape index (κ1) is 21.5. The minimum atomic E-state index is -5.00. The molecule has 2 atom stereocenters. The van der Waals surface area contributed by atoms with E-state index in [4.69, 9.17) is 34.4 Å². The number of benzene rings is 1. The van der Waals surface area contributed by atoms with Crippen LogP contribution in [0.5, 0.6) is 0 Å². The molecule has 1 heterocycles. The number of alkyl halides is 3. The Balaban J connectivity index is 2.61. The number of carboxylic acid groups (broad SMARTS) is 1. The van der Waals surface area contributed by atoms with Crippen molar-refractivity contribution < 1.29 is 23.1 Å². The second kappa shape index (κ2) is 7.30. The summed E-state index contributed by atoms with van der Waals surface area (Å²) >= 11 is 0. The lowest BCUT2D eigenvalue weighted by molar-refractivity contribution is -0.169. The molecule has 0 bridgehead atoms. The van der Waals surface area contributed by atoms with Crippen LogP contribution in [0.25, 0.3) is 11.3 Å². The van der Waals surface area contributed by atoms with Crippen molar-refractivity contribution in [2.24, 2.45) is 0 Å².